The Kier molecular flexibility index (Phi) is 9.15. The largest absolute Gasteiger partial charge is 0.434 e. The molecule has 2 aromatic rings. The van der Waals surface area contributed by atoms with Gasteiger partial charge in [-0.05, 0) is 31.5 Å². The number of rotatable bonds is 6. The van der Waals surface area contributed by atoms with E-state index < -0.39 is 11.9 Å². The van der Waals surface area contributed by atoms with Gasteiger partial charge in [-0.25, -0.2) is 4.98 Å². The van der Waals surface area contributed by atoms with Crippen LogP contribution in [0, 0.1) is 0 Å². The van der Waals surface area contributed by atoms with Crippen molar-refractivity contribution in [2.75, 3.05) is 26.7 Å². The van der Waals surface area contributed by atoms with Gasteiger partial charge in [-0.2, -0.15) is 13.2 Å². The fraction of sp³-hybridized carbons (Fsp3) is 0.474. The summed E-state index contributed by atoms with van der Waals surface area (Å²) in [5.41, 5.74) is 0.387. The minimum absolute atomic E-state index is 0. The maximum absolute atomic E-state index is 12.7. The molecular formula is C19H25F3IN5S. The second-order valence-electron chi connectivity index (χ2n) is 6.60. The normalized spacial score (nSPS) is 16.3. The molecule has 0 amide bonds. The van der Waals surface area contributed by atoms with Crippen molar-refractivity contribution in [3.63, 3.8) is 0 Å². The third-order valence-electron chi connectivity index (χ3n) is 4.70. The van der Waals surface area contributed by atoms with E-state index >= 15 is 0 Å². The van der Waals surface area contributed by atoms with Crippen molar-refractivity contribution < 1.29 is 13.2 Å². The summed E-state index contributed by atoms with van der Waals surface area (Å²) < 4.78 is 38.0. The van der Waals surface area contributed by atoms with Crippen LogP contribution in [0.3, 0.4) is 0 Å². The Hall–Kier alpha value is -1.40. The minimum Gasteiger partial charge on any atom is -0.354 e. The molecule has 2 heterocycles. The maximum atomic E-state index is 12.7. The minimum atomic E-state index is -4.41. The fourth-order valence-electron chi connectivity index (χ4n) is 3.28. The summed E-state index contributed by atoms with van der Waals surface area (Å²) in [4.78, 5) is 10.3. The molecule has 0 radical (unpaired) electrons. The van der Waals surface area contributed by atoms with E-state index in [0.29, 0.717) is 17.5 Å². The van der Waals surface area contributed by atoms with Crippen LogP contribution >= 0.6 is 35.3 Å². The number of nitrogens with zero attached hydrogens (tertiary/aromatic N) is 3. The first kappa shape index (κ1) is 23.9. The zero-order valence-corrected chi connectivity index (χ0v) is 19.2. The lowest BCUT2D eigenvalue weighted by Gasteiger charge is -2.28. The molecule has 0 saturated carbocycles. The lowest BCUT2D eigenvalue weighted by molar-refractivity contribution is -0.140. The van der Waals surface area contributed by atoms with Gasteiger partial charge in [0.1, 0.15) is 5.01 Å². The molecule has 1 aromatic heterocycles. The molecule has 1 aromatic carbocycles. The van der Waals surface area contributed by atoms with Gasteiger partial charge in [0, 0.05) is 19.0 Å². The van der Waals surface area contributed by atoms with Crippen molar-refractivity contribution in [2.24, 2.45) is 4.99 Å². The number of likely N-dealkylation sites (tertiary alicyclic amines) is 1. The van der Waals surface area contributed by atoms with Crippen LogP contribution in [0.2, 0.25) is 0 Å². The number of alkyl halides is 3. The SMILES string of the molecule is CN=C(NCc1nc(C(F)(F)F)cs1)NCC(c1ccccc1)N1CCCC1.I. The third-order valence-corrected chi connectivity index (χ3v) is 5.55. The number of guanidine groups is 1. The van der Waals surface area contributed by atoms with E-state index in [-0.39, 0.29) is 36.6 Å². The Morgan fingerprint density at radius 1 is 1.21 bits per heavy atom. The lowest BCUT2D eigenvalue weighted by atomic mass is 10.1. The van der Waals surface area contributed by atoms with Crippen LogP contribution in [-0.4, -0.2) is 42.5 Å². The fourth-order valence-corrected chi connectivity index (χ4v) is 4.02. The standard InChI is InChI=1S/C19H24F3N5S.HI/c1-23-18(25-12-17-26-16(13-28-17)19(20,21)22)24-11-15(27-9-5-6-10-27)14-7-3-2-4-8-14;/h2-4,7-8,13,15H,5-6,9-12H2,1H3,(H2,23,24,25);1H. The molecule has 1 unspecified atom stereocenters. The lowest BCUT2D eigenvalue weighted by Crippen LogP contribution is -2.42. The van der Waals surface area contributed by atoms with Crippen LogP contribution < -0.4 is 10.6 Å². The second-order valence-corrected chi connectivity index (χ2v) is 7.54. The average Bonchev–Trinajstić information content (AvgIpc) is 3.37. The number of hydrogen-bond donors (Lipinski definition) is 2. The third kappa shape index (κ3) is 6.82. The highest BCUT2D eigenvalue weighted by Crippen LogP contribution is 2.30. The van der Waals surface area contributed by atoms with Gasteiger partial charge in [-0.1, -0.05) is 30.3 Å². The Labute approximate surface area is 189 Å². The molecular weight excluding hydrogens is 514 g/mol. The first-order valence-electron chi connectivity index (χ1n) is 9.22. The highest BCUT2D eigenvalue weighted by molar-refractivity contribution is 14.0. The molecule has 1 atom stereocenters. The number of thiazole rings is 1. The van der Waals surface area contributed by atoms with E-state index in [0.717, 1.165) is 29.8 Å². The van der Waals surface area contributed by atoms with E-state index in [1.54, 1.807) is 7.05 Å². The molecule has 1 fully saturated rings. The van der Waals surface area contributed by atoms with Gasteiger partial charge in [0.25, 0.3) is 0 Å². The Morgan fingerprint density at radius 3 is 2.48 bits per heavy atom. The summed E-state index contributed by atoms with van der Waals surface area (Å²) in [6.07, 6.45) is -2.02. The zero-order chi connectivity index (χ0) is 20.0. The molecule has 5 nitrogen and oxygen atoms in total. The predicted molar refractivity (Wildman–Crippen MR) is 121 cm³/mol. The van der Waals surface area contributed by atoms with Gasteiger partial charge in [0.2, 0.25) is 0 Å². The van der Waals surface area contributed by atoms with Crippen molar-refractivity contribution >= 4 is 41.3 Å². The Morgan fingerprint density at radius 2 is 1.90 bits per heavy atom. The average molecular weight is 539 g/mol. The summed E-state index contributed by atoms with van der Waals surface area (Å²) >= 11 is 0.986. The van der Waals surface area contributed by atoms with Crippen molar-refractivity contribution in [3.05, 3.63) is 52.0 Å². The molecule has 29 heavy (non-hydrogen) atoms. The molecule has 1 aliphatic rings. The van der Waals surface area contributed by atoms with Gasteiger partial charge in [0.05, 0.1) is 12.6 Å². The van der Waals surface area contributed by atoms with Crippen LogP contribution in [0.25, 0.3) is 0 Å². The first-order chi connectivity index (χ1) is 13.5. The molecule has 10 heteroatoms. The molecule has 1 saturated heterocycles. The second kappa shape index (κ2) is 11.1. The number of aliphatic imine (C=N–C) groups is 1. The Bertz CT molecular complexity index is 776. The first-order valence-corrected chi connectivity index (χ1v) is 10.1. The van der Waals surface area contributed by atoms with Crippen molar-refractivity contribution in [1.82, 2.24) is 20.5 Å². The van der Waals surface area contributed by atoms with Gasteiger partial charge >= 0.3 is 6.18 Å². The molecule has 0 aliphatic carbocycles. The molecule has 160 valence electrons. The van der Waals surface area contributed by atoms with Crippen LogP contribution in [0.1, 0.15) is 35.1 Å². The van der Waals surface area contributed by atoms with E-state index in [4.69, 9.17) is 0 Å². The van der Waals surface area contributed by atoms with E-state index in [9.17, 15) is 13.2 Å². The summed E-state index contributed by atoms with van der Waals surface area (Å²) in [6, 6.07) is 10.5. The number of nitrogens with one attached hydrogen (secondary N) is 2. The van der Waals surface area contributed by atoms with E-state index in [1.165, 1.54) is 18.4 Å². The number of aromatic nitrogens is 1. The summed E-state index contributed by atoms with van der Waals surface area (Å²) in [5, 5.41) is 7.76. The van der Waals surface area contributed by atoms with Crippen LogP contribution in [0.4, 0.5) is 13.2 Å². The van der Waals surface area contributed by atoms with Crippen LogP contribution in [0.15, 0.2) is 40.7 Å². The van der Waals surface area contributed by atoms with Gasteiger partial charge in [0.15, 0.2) is 11.7 Å². The zero-order valence-electron chi connectivity index (χ0n) is 16.1. The van der Waals surface area contributed by atoms with Gasteiger partial charge < -0.3 is 10.6 Å². The molecule has 2 N–H and O–H groups in total. The van der Waals surface area contributed by atoms with Gasteiger partial charge in [-0.15, -0.1) is 35.3 Å². The predicted octanol–water partition coefficient (Wildman–Crippen LogP) is 4.28. The highest BCUT2D eigenvalue weighted by Gasteiger charge is 2.33. The monoisotopic (exact) mass is 539 g/mol. The molecule has 0 spiro atoms. The van der Waals surface area contributed by atoms with Crippen molar-refractivity contribution in [2.45, 2.75) is 31.6 Å². The van der Waals surface area contributed by atoms with Crippen molar-refractivity contribution in [1.29, 1.82) is 0 Å². The highest BCUT2D eigenvalue weighted by atomic mass is 127. The smallest absolute Gasteiger partial charge is 0.354 e. The van der Waals surface area contributed by atoms with Gasteiger partial charge in [-0.3, -0.25) is 9.89 Å². The van der Waals surface area contributed by atoms with Crippen LogP contribution in [0.5, 0.6) is 0 Å². The summed E-state index contributed by atoms with van der Waals surface area (Å²) in [6.45, 7) is 2.98. The molecule has 0 bridgehead atoms. The number of halogens is 4. The quantitative estimate of drug-likeness (QED) is 0.327. The summed E-state index contributed by atoms with van der Waals surface area (Å²) in [7, 11) is 1.64. The van der Waals surface area contributed by atoms with Crippen molar-refractivity contribution in [3.8, 4) is 0 Å². The number of hydrogen-bond acceptors (Lipinski definition) is 4. The molecule has 1 aliphatic heterocycles. The van der Waals surface area contributed by atoms with Crippen LogP contribution in [-0.2, 0) is 12.7 Å². The topological polar surface area (TPSA) is 52.6 Å². The Balaban J connectivity index is 0.00000300. The van der Waals surface area contributed by atoms with E-state index in [1.807, 2.05) is 18.2 Å². The molecule has 3 rings (SSSR count). The van der Waals surface area contributed by atoms with E-state index in [2.05, 4.69) is 37.6 Å². The summed E-state index contributed by atoms with van der Waals surface area (Å²) in [5.74, 6) is 0.545. The maximum Gasteiger partial charge on any atom is 0.434 e. The number of benzene rings is 1.